The molecule has 0 aliphatic heterocycles. The maximum atomic E-state index is 6.20. The van der Waals surface area contributed by atoms with Crippen LogP contribution < -0.4 is 0 Å². The smallest absolute Gasteiger partial charge is 0.184 e. The van der Waals surface area contributed by atoms with Crippen LogP contribution >= 0.6 is 0 Å². The third-order valence-electron chi connectivity index (χ3n) is 2.40. The molecule has 0 bridgehead atoms. The van der Waals surface area contributed by atoms with Crippen LogP contribution in [0.15, 0.2) is 30.8 Å². The molecule has 88 valence electrons. The molecule has 0 aromatic heterocycles. The zero-order valence-corrected chi connectivity index (χ0v) is 12.0. The van der Waals surface area contributed by atoms with Gasteiger partial charge >= 0.3 is 0 Å². The molecule has 0 amide bonds. The van der Waals surface area contributed by atoms with Gasteiger partial charge in [-0.25, -0.2) is 0 Å². The Kier molecular flexibility index (Phi) is 3.76. The van der Waals surface area contributed by atoms with Gasteiger partial charge in [-0.1, -0.05) is 36.9 Å². The van der Waals surface area contributed by atoms with Crippen molar-refractivity contribution < 1.29 is 4.43 Å². The van der Waals surface area contributed by atoms with Crippen molar-refractivity contribution in [1.82, 2.24) is 0 Å². The molecule has 0 atom stereocenters. The lowest BCUT2D eigenvalue weighted by molar-refractivity contribution is 0.100. The van der Waals surface area contributed by atoms with Crippen LogP contribution in [0, 0.1) is 0 Å². The van der Waals surface area contributed by atoms with Crippen LogP contribution in [-0.2, 0) is 10.0 Å². The summed E-state index contributed by atoms with van der Waals surface area (Å²) in [5.41, 5.74) is 2.16. The first-order chi connectivity index (χ1) is 7.24. The summed E-state index contributed by atoms with van der Waals surface area (Å²) in [6.45, 7) is 14.7. The van der Waals surface area contributed by atoms with E-state index in [0.29, 0.717) is 0 Å². The summed E-state index contributed by atoms with van der Waals surface area (Å²) in [4.78, 5) is 0. The van der Waals surface area contributed by atoms with Gasteiger partial charge < -0.3 is 4.43 Å². The zero-order valence-electron chi connectivity index (χ0n) is 11.0. The maximum Gasteiger partial charge on any atom is 0.184 e. The fourth-order valence-corrected chi connectivity index (χ4v) is 3.49. The van der Waals surface area contributed by atoms with Gasteiger partial charge in [0.2, 0.25) is 0 Å². The largest absolute Gasteiger partial charge is 0.409 e. The van der Waals surface area contributed by atoms with Gasteiger partial charge in [-0.3, -0.25) is 0 Å². The van der Waals surface area contributed by atoms with E-state index in [9.17, 15) is 0 Å². The molecular weight excluding hydrogens is 212 g/mol. The van der Waals surface area contributed by atoms with Crippen LogP contribution in [0.4, 0.5) is 0 Å². The summed E-state index contributed by atoms with van der Waals surface area (Å²) in [7, 11) is -1.52. The molecule has 0 fully saturated rings. The van der Waals surface area contributed by atoms with Gasteiger partial charge in [0.05, 0.1) is 5.60 Å². The average Bonchev–Trinajstić information content (AvgIpc) is 2.14. The Balaban J connectivity index is 2.93. The Bertz CT molecular complexity index is 357. The van der Waals surface area contributed by atoms with Gasteiger partial charge in [0.1, 0.15) is 0 Å². The maximum absolute atomic E-state index is 6.20. The minimum atomic E-state index is -1.52. The predicted octanol–water partition coefficient (Wildman–Crippen LogP) is 4.42. The SMILES string of the molecule is C=Cc1ccc(C(C)(C)O[Si](C)(C)C)cc1. The molecule has 0 N–H and O–H groups in total. The van der Waals surface area contributed by atoms with Crippen LogP contribution in [0.3, 0.4) is 0 Å². The van der Waals surface area contributed by atoms with E-state index in [4.69, 9.17) is 4.43 Å². The molecule has 1 aromatic carbocycles. The first-order valence-electron chi connectivity index (χ1n) is 5.68. The van der Waals surface area contributed by atoms with E-state index >= 15 is 0 Å². The Hall–Kier alpha value is -0.863. The van der Waals surface area contributed by atoms with E-state index in [0.717, 1.165) is 5.56 Å². The Morgan fingerprint density at radius 2 is 1.62 bits per heavy atom. The topological polar surface area (TPSA) is 9.23 Å². The van der Waals surface area contributed by atoms with E-state index < -0.39 is 8.32 Å². The standard InChI is InChI=1S/C14H22OSi/c1-7-12-8-10-13(11-9-12)14(2,3)15-16(4,5)6/h7-11H,1H2,2-6H3. The highest BCUT2D eigenvalue weighted by molar-refractivity contribution is 6.69. The van der Waals surface area contributed by atoms with Crippen molar-refractivity contribution in [1.29, 1.82) is 0 Å². The molecule has 0 heterocycles. The van der Waals surface area contributed by atoms with Gasteiger partial charge in [-0.05, 0) is 44.6 Å². The Morgan fingerprint density at radius 1 is 1.12 bits per heavy atom. The molecule has 0 aliphatic rings. The first-order valence-corrected chi connectivity index (χ1v) is 9.08. The molecule has 1 nitrogen and oxygen atoms in total. The van der Waals surface area contributed by atoms with Crippen LogP contribution in [0.25, 0.3) is 6.08 Å². The minimum Gasteiger partial charge on any atom is -0.409 e. The Labute approximate surface area is 100 Å². The molecule has 0 saturated carbocycles. The molecule has 0 saturated heterocycles. The summed E-state index contributed by atoms with van der Waals surface area (Å²) in [5.74, 6) is 0. The molecule has 1 aromatic rings. The number of hydrogen-bond donors (Lipinski definition) is 0. The van der Waals surface area contributed by atoms with Crippen molar-refractivity contribution in [2.45, 2.75) is 39.1 Å². The van der Waals surface area contributed by atoms with Crippen molar-refractivity contribution in [3.8, 4) is 0 Å². The van der Waals surface area contributed by atoms with Gasteiger partial charge in [0.15, 0.2) is 8.32 Å². The summed E-state index contributed by atoms with van der Waals surface area (Å²) in [6.07, 6.45) is 1.86. The first kappa shape index (κ1) is 13.2. The van der Waals surface area contributed by atoms with Crippen LogP contribution in [0.5, 0.6) is 0 Å². The monoisotopic (exact) mass is 234 g/mol. The highest BCUT2D eigenvalue weighted by Crippen LogP contribution is 2.28. The highest BCUT2D eigenvalue weighted by atomic mass is 28.4. The lowest BCUT2D eigenvalue weighted by Crippen LogP contribution is -2.36. The van der Waals surface area contributed by atoms with Crippen molar-refractivity contribution in [2.75, 3.05) is 0 Å². The summed E-state index contributed by atoms with van der Waals surface area (Å²) in [6, 6.07) is 8.41. The lowest BCUT2D eigenvalue weighted by atomic mass is 9.97. The van der Waals surface area contributed by atoms with Crippen LogP contribution in [-0.4, -0.2) is 8.32 Å². The van der Waals surface area contributed by atoms with Crippen molar-refractivity contribution in [3.05, 3.63) is 42.0 Å². The number of rotatable bonds is 4. The second kappa shape index (κ2) is 4.56. The quantitative estimate of drug-likeness (QED) is 0.701. The van der Waals surface area contributed by atoms with Gasteiger partial charge in [0.25, 0.3) is 0 Å². The van der Waals surface area contributed by atoms with Gasteiger partial charge in [0, 0.05) is 0 Å². The molecule has 16 heavy (non-hydrogen) atoms. The molecule has 0 spiro atoms. The average molecular weight is 234 g/mol. The van der Waals surface area contributed by atoms with Crippen LogP contribution in [0.2, 0.25) is 19.6 Å². The van der Waals surface area contributed by atoms with E-state index in [1.807, 2.05) is 6.08 Å². The molecule has 0 unspecified atom stereocenters. The van der Waals surface area contributed by atoms with Gasteiger partial charge in [-0.2, -0.15) is 0 Å². The van der Waals surface area contributed by atoms with Crippen molar-refractivity contribution >= 4 is 14.4 Å². The minimum absolute atomic E-state index is 0.204. The van der Waals surface area contributed by atoms with Gasteiger partial charge in [-0.15, -0.1) is 0 Å². The zero-order chi connectivity index (χ0) is 12.4. The fourth-order valence-electron chi connectivity index (χ4n) is 1.84. The third kappa shape index (κ3) is 3.61. The molecule has 2 heteroatoms. The van der Waals surface area contributed by atoms with Crippen molar-refractivity contribution in [2.24, 2.45) is 0 Å². The second-order valence-corrected chi connectivity index (χ2v) is 9.98. The number of hydrogen-bond acceptors (Lipinski definition) is 1. The van der Waals surface area contributed by atoms with E-state index in [-0.39, 0.29) is 5.60 Å². The fraction of sp³-hybridized carbons (Fsp3) is 0.429. The lowest BCUT2D eigenvalue weighted by Gasteiger charge is -2.33. The number of benzene rings is 1. The molecule has 1 rings (SSSR count). The summed E-state index contributed by atoms with van der Waals surface area (Å²) in [5, 5.41) is 0. The van der Waals surface area contributed by atoms with Crippen LogP contribution in [0.1, 0.15) is 25.0 Å². The predicted molar refractivity (Wildman–Crippen MR) is 74.0 cm³/mol. The summed E-state index contributed by atoms with van der Waals surface area (Å²) < 4.78 is 6.20. The molecule has 0 aliphatic carbocycles. The van der Waals surface area contributed by atoms with E-state index in [1.165, 1.54) is 5.56 Å². The normalized spacial score (nSPS) is 12.6. The second-order valence-electron chi connectivity index (χ2n) is 5.55. The van der Waals surface area contributed by atoms with E-state index in [2.05, 4.69) is 64.3 Å². The molecule has 0 radical (unpaired) electrons. The van der Waals surface area contributed by atoms with Crippen molar-refractivity contribution in [3.63, 3.8) is 0 Å². The Morgan fingerprint density at radius 3 is 2.00 bits per heavy atom. The third-order valence-corrected chi connectivity index (χ3v) is 3.53. The molecular formula is C14H22OSi. The highest BCUT2D eigenvalue weighted by Gasteiger charge is 2.28. The van der Waals surface area contributed by atoms with E-state index in [1.54, 1.807) is 0 Å². The summed E-state index contributed by atoms with van der Waals surface area (Å²) >= 11 is 0.